The van der Waals surface area contributed by atoms with Gasteiger partial charge in [0.25, 0.3) is 0 Å². The van der Waals surface area contributed by atoms with Crippen LogP contribution in [0, 0.1) is 0 Å². The Bertz CT molecular complexity index is 415. The molecule has 4 nitrogen and oxygen atoms in total. The molecule has 1 aromatic carbocycles. The molecule has 0 fully saturated rings. The quantitative estimate of drug-likeness (QED) is 0.753. The molecule has 0 radical (unpaired) electrons. The van der Waals surface area contributed by atoms with Gasteiger partial charge in [-0.1, -0.05) is 18.2 Å². The first-order valence-corrected chi connectivity index (χ1v) is 5.98. The molecule has 1 atom stereocenters. The molecule has 0 bridgehead atoms. The first-order valence-electron chi connectivity index (χ1n) is 5.98. The summed E-state index contributed by atoms with van der Waals surface area (Å²) in [7, 11) is 0. The van der Waals surface area contributed by atoms with Crippen LogP contribution >= 0.6 is 0 Å². The third-order valence-electron chi connectivity index (χ3n) is 2.30. The monoisotopic (exact) mass is 249 g/mol. The van der Waals surface area contributed by atoms with Crippen molar-refractivity contribution in [3.8, 4) is 5.75 Å². The molecule has 0 unspecified atom stereocenters. The maximum atomic E-state index is 11.5. The minimum absolute atomic E-state index is 0.0743. The van der Waals surface area contributed by atoms with Gasteiger partial charge in [0.05, 0.1) is 13.2 Å². The summed E-state index contributed by atoms with van der Waals surface area (Å²) in [5.41, 5.74) is 0.853. The van der Waals surface area contributed by atoms with E-state index in [0.717, 1.165) is 11.3 Å². The highest BCUT2D eigenvalue weighted by Gasteiger charge is 2.03. The maximum Gasteiger partial charge on any atom is 0.244 e. The van der Waals surface area contributed by atoms with Gasteiger partial charge >= 0.3 is 0 Å². The van der Waals surface area contributed by atoms with Crippen molar-refractivity contribution < 1.29 is 14.6 Å². The normalized spacial score (nSPS) is 12.4. The molecule has 1 amide bonds. The highest BCUT2D eigenvalue weighted by molar-refractivity contribution is 5.92. The molecule has 1 aromatic rings. The number of carbonyl (C=O) groups is 1. The van der Waals surface area contributed by atoms with Gasteiger partial charge in [0, 0.05) is 17.7 Å². The van der Waals surface area contributed by atoms with E-state index in [4.69, 9.17) is 9.84 Å². The summed E-state index contributed by atoms with van der Waals surface area (Å²) >= 11 is 0. The fourth-order valence-corrected chi connectivity index (χ4v) is 1.41. The Labute approximate surface area is 107 Å². The van der Waals surface area contributed by atoms with Gasteiger partial charge in [-0.2, -0.15) is 0 Å². The van der Waals surface area contributed by atoms with E-state index < -0.39 is 0 Å². The van der Waals surface area contributed by atoms with Crippen LogP contribution in [0.15, 0.2) is 30.3 Å². The summed E-state index contributed by atoms with van der Waals surface area (Å²) in [6.45, 7) is 4.16. The summed E-state index contributed by atoms with van der Waals surface area (Å²) in [4.78, 5) is 11.5. The second kappa shape index (κ2) is 7.50. The molecule has 0 saturated carbocycles. The Morgan fingerprint density at radius 3 is 2.89 bits per heavy atom. The molecule has 0 aliphatic carbocycles. The predicted octanol–water partition coefficient (Wildman–Crippen LogP) is 1.60. The summed E-state index contributed by atoms with van der Waals surface area (Å²) in [6, 6.07) is 7.26. The van der Waals surface area contributed by atoms with Crippen LogP contribution in [0.5, 0.6) is 5.75 Å². The van der Waals surface area contributed by atoms with Crippen molar-refractivity contribution in [2.24, 2.45) is 0 Å². The molecule has 0 aliphatic heterocycles. The fourth-order valence-electron chi connectivity index (χ4n) is 1.41. The number of para-hydroxylation sites is 1. The lowest BCUT2D eigenvalue weighted by atomic mass is 10.2. The molecular formula is C14H19NO3. The van der Waals surface area contributed by atoms with E-state index in [-0.39, 0.29) is 18.6 Å². The lowest BCUT2D eigenvalue weighted by Gasteiger charge is -2.08. The van der Waals surface area contributed by atoms with Crippen LogP contribution in [0.4, 0.5) is 0 Å². The highest BCUT2D eigenvalue weighted by Crippen LogP contribution is 2.19. The van der Waals surface area contributed by atoms with E-state index in [1.807, 2.05) is 31.2 Å². The average Bonchev–Trinajstić information content (AvgIpc) is 2.38. The van der Waals surface area contributed by atoms with E-state index in [0.29, 0.717) is 6.61 Å². The van der Waals surface area contributed by atoms with Gasteiger partial charge in [-0.15, -0.1) is 0 Å². The van der Waals surface area contributed by atoms with Crippen LogP contribution in [0.2, 0.25) is 0 Å². The lowest BCUT2D eigenvalue weighted by molar-refractivity contribution is -0.117. The summed E-state index contributed by atoms with van der Waals surface area (Å²) in [5, 5.41) is 11.5. The predicted molar refractivity (Wildman–Crippen MR) is 71.3 cm³/mol. The first kappa shape index (κ1) is 14.3. The van der Waals surface area contributed by atoms with Crippen molar-refractivity contribution in [1.29, 1.82) is 0 Å². The van der Waals surface area contributed by atoms with E-state index >= 15 is 0 Å². The summed E-state index contributed by atoms with van der Waals surface area (Å²) in [6.07, 6.45) is 3.13. The van der Waals surface area contributed by atoms with Crippen molar-refractivity contribution in [2.45, 2.75) is 19.9 Å². The van der Waals surface area contributed by atoms with Gasteiger partial charge in [0.1, 0.15) is 5.75 Å². The molecule has 18 heavy (non-hydrogen) atoms. The molecule has 0 heterocycles. The second-order valence-electron chi connectivity index (χ2n) is 3.90. The van der Waals surface area contributed by atoms with E-state index in [1.165, 1.54) is 6.08 Å². The van der Waals surface area contributed by atoms with E-state index in [2.05, 4.69) is 5.32 Å². The van der Waals surface area contributed by atoms with Gasteiger partial charge in [0.15, 0.2) is 0 Å². The zero-order valence-corrected chi connectivity index (χ0v) is 10.7. The van der Waals surface area contributed by atoms with Crippen LogP contribution < -0.4 is 10.1 Å². The Hall–Kier alpha value is -1.81. The number of aliphatic hydroxyl groups is 1. The van der Waals surface area contributed by atoms with E-state index in [1.54, 1.807) is 13.0 Å². The van der Waals surface area contributed by atoms with Crippen LogP contribution in [0.1, 0.15) is 19.4 Å². The van der Waals surface area contributed by atoms with Gasteiger partial charge in [-0.05, 0) is 26.0 Å². The smallest absolute Gasteiger partial charge is 0.244 e. The molecule has 2 N–H and O–H groups in total. The van der Waals surface area contributed by atoms with E-state index in [9.17, 15) is 4.79 Å². The van der Waals surface area contributed by atoms with Crippen molar-refractivity contribution in [3.05, 3.63) is 35.9 Å². The van der Waals surface area contributed by atoms with Crippen molar-refractivity contribution >= 4 is 12.0 Å². The number of rotatable bonds is 6. The third-order valence-corrected chi connectivity index (χ3v) is 2.30. The van der Waals surface area contributed by atoms with Crippen molar-refractivity contribution in [1.82, 2.24) is 5.32 Å². The lowest BCUT2D eigenvalue weighted by Crippen LogP contribution is -2.33. The van der Waals surface area contributed by atoms with Gasteiger partial charge < -0.3 is 15.2 Å². The Morgan fingerprint density at radius 2 is 2.22 bits per heavy atom. The molecule has 0 saturated heterocycles. The topological polar surface area (TPSA) is 58.6 Å². The number of hydrogen-bond donors (Lipinski definition) is 2. The summed E-state index contributed by atoms with van der Waals surface area (Å²) < 4.78 is 5.45. The molecule has 98 valence electrons. The molecule has 0 spiro atoms. The first-order chi connectivity index (χ1) is 8.67. The minimum atomic E-state index is -0.246. The Morgan fingerprint density at radius 1 is 1.50 bits per heavy atom. The molecule has 1 rings (SSSR count). The SMILES string of the molecule is CCOc1ccccc1C=CC(=O)N[C@@H](C)CO. The number of ether oxygens (including phenoxy) is 1. The largest absolute Gasteiger partial charge is 0.493 e. The Kier molecular flexibility index (Phi) is 5.94. The fraction of sp³-hybridized carbons (Fsp3) is 0.357. The summed E-state index contributed by atoms with van der Waals surface area (Å²) in [5.74, 6) is 0.516. The van der Waals surface area contributed by atoms with Crippen LogP contribution in [-0.2, 0) is 4.79 Å². The van der Waals surface area contributed by atoms with Crippen LogP contribution in [0.25, 0.3) is 6.08 Å². The van der Waals surface area contributed by atoms with Crippen LogP contribution in [0.3, 0.4) is 0 Å². The Balaban J connectivity index is 2.68. The molecule has 0 aromatic heterocycles. The number of benzene rings is 1. The van der Waals surface area contributed by atoms with Gasteiger partial charge in [-0.3, -0.25) is 4.79 Å². The average molecular weight is 249 g/mol. The molecular weight excluding hydrogens is 230 g/mol. The standard InChI is InChI=1S/C14H19NO3/c1-3-18-13-7-5-4-6-12(13)8-9-14(17)15-11(2)10-16/h4-9,11,16H,3,10H2,1-2H3,(H,15,17)/t11-/m0/s1. The second-order valence-corrected chi connectivity index (χ2v) is 3.90. The number of carbonyl (C=O) groups excluding carboxylic acids is 1. The molecule has 0 aliphatic rings. The zero-order valence-electron chi connectivity index (χ0n) is 10.7. The van der Waals surface area contributed by atoms with Crippen LogP contribution in [-0.4, -0.2) is 30.3 Å². The van der Waals surface area contributed by atoms with Gasteiger partial charge in [0.2, 0.25) is 5.91 Å². The number of amides is 1. The third kappa shape index (κ3) is 4.59. The number of nitrogens with one attached hydrogen (secondary N) is 1. The number of aliphatic hydroxyl groups excluding tert-OH is 1. The minimum Gasteiger partial charge on any atom is -0.493 e. The van der Waals surface area contributed by atoms with Crippen molar-refractivity contribution in [2.75, 3.05) is 13.2 Å². The molecule has 4 heteroatoms. The highest BCUT2D eigenvalue weighted by atomic mass is 16.5. The zero-order chi connectivity index (χ0) is 13.4. The van der Waals surface area contributed by atoms with Crippen molar-refractivity contribution in [3.63, 3.8) is 0 Å². The van der Waals surface area contributed by atoms with Gasteiger partial charge in [-0.25, -0.2) is 0 Å². The maximum absolute atomic E-state index is 11.5. The number of hydrogen-bond acceptors (Lipinski definition) is 3.